The first-order valence-corrected chi connectivity index (χ1v) is 7.64. The van der Waals surface area contributed by atoms with Crippen molar-refractivity contribution in [3.63, 3.8) is 0 Å². The molecule has 0 aromatic heterocycles. The average Bonchev–Trinajstić information content (AvgIpc) is 2.40. The number of rotatable bonds is 3. The highest BCUT2D eigenvalue weighted by Gasteiger charge is 2.19. The minimum absolute atomic E-state index is 0.0994. The van der Waals surface area contributed by atoms with Gasteiger partial charge in [-0.15, -0.1) is 4.40 Å². The van der Waals surface area contributed by atoms with Gasteiger partial charge in [0.15, 0.2) is 0 Å². The number of ether oxygens (including phenoxy) is 2. The third kappa shape index (κ3) is 3.14. The molecule has 102 valence electrons. The lowest BCUT2D eigenvalue weighted by atomic mass is 10.4. The third-order valence-electron chi connectivity index (χ3n) is 2.33. The fourth-order valence-electron chi connectivity index (χ4n) is 1.56. The zero-order chi connectivity index (χ0) is 13.7. The molecule has 1 atom stereocenters. The van der Waals surface area contributed by atoms with Crippen LogP contribution in [0.4, 0.5) is 0 Å². The van der Waals surface area contributed by atoms with Crippen molar-refractivity contribution in [2.75, 3.05) is 13.2 Å². The molecule has 0 spiro atoms. The van der Waals surface area contributed by atoms with Crippen LogP contribution in [0.15, 0.2) is 44.6 Å². The van der Waals surface area contributed by atoms with Crippen molar-refractivity contribution in [1.82, 2.24) is 0 Å². The van der Waals surface area contributed by atoms with Gasteiger partial charge in [0, 0.05) is 0 Å². The van der Waals surface area contributed by atoms with Gasteiger partial charge in [-0.3, -0.25) is 0 Å². The minimum Gasteiger partial charge on any atom is -0.477 e. The quantitative estimate of drug-likeness (QED) is 0.794. The number of nitrogens with zero attached hydrogens (tertiary/aromatic N) is 2. The summed E-state index contributed by atoms with van der Waals surface area (Å²) in [6.45, 7) is 4.51. The predicted molar refractivity (Wildman–Crippen MR) is 77.0 cm³/mol. The molecule has 0 aliphatic carbocycles. The van der Waals surface area contributed by atoms with Gasteiger partial charge in [0.25, 0.3) is 0 Å². The molecule has 1 unspecified atom stereocenters. The second-order valence-electron chi connectivity index (χ2n) is 3.69. The van der Waals surface area contributed by atoms with Crippen molar-refractivity contribution in [2.24, 2.45) is 9.39 Å². The molecule has 1 aromatic rings. The first-order chi connectivity index (χ1) is 9.18. The Balaban J connectivity index is 2.49. The summed E-state index contributed by atoms with van der Waals surface area (Å²) in [7, 11) is -2.73. The molecule has 0 radical (unpaired) electrons. The topological polar surface area (TPSA) is 60.2 Å². The Morgan fingerprint density at radius 3 is 2.42 bits per heavy atom. The summed E-state index contributed by atoms with van der Waals surface area (Å²) in [5, 5.41) is 1.45. The Bertz CT molecular complexity index is 607. The summed E-state index contributed by atoms with van der Waals surface area (Å²) in [5.74, 6) is 0.287. The standard InChI is InChI=1S/C13H16N2O3S/c1-3-17-12-10-19(16,11-8-6-5-7-9-11)15-13(14-12)18-4-2/h5-10H,3-4H2,1-2H3. The second kappa shape index (κ2) is 5.88. The second-order valence-corrected chi connectivity index (χ2v) is 5.72. The SMILES string of the molecule is CCOC1=NC(OCC)=NS(=O)(c2ccccc2)=C1. The Morgan fingerprint density at radius 1 is 1.11 bits per heavy atom. The van der Waals surface area contributed by atoms with E-state index >= 15 is 0 Å². The van der Waals surface area contributed by atoms with Gasteiger partial charge in [-0.1, -0.05) is 18.2 Å². The molecule has 5 nitrogen and oxygen atoms in total. The molecule has 19 heavy (non-hydrogen) atoms. The monoisotopic (exact) mass is 280 g/mol. The highest BCUT2D eigenvalue weighted by Crippen LogP contribution is 2.16. The highest BCUT2D eigenvalue weighted by molar-refractivity contribution is 8.01. The molecule has 1 aliphatic heterocycles. The zero-order valence-electron chi connectivity index (χ0n) is 10.9. The number of amidine groups is 1. The van der Waals surface area contributed by atoms with E-state index in [2.05, 4.69) is 9.39 Å². The molecule has 2 rings (SSSR count). The van der Waals surface area contributed by atoms with Crippen molar-refractivity contribution >= 4 is 27.0 Å². The molecular weight excluding hydrogens is 264 g/mol. The van der Waals surface area contributed by atoms with Crippen molar-refractivity contribution in [2.45, 2.75) is 18.7 Å². The van der Waals surface area contributed by atoms with Gasteiger partial charge < -0.3 is 9.47 Å². The zero-order valence-corrected chi connectivity index (χ0v) is 11.7. The van der Waals surface area contributed by atoms with Crippen LogP contribution in [0.3, 0.4) is 0 Å². The van der Waals surface area contributed by atoms with Gasteiger partial charge in [0.2, 0.25) is 5.90 Å². The molecule has 0 saturated heterocycles. The van der Waals surface area contributed by atoms with Gasteiger partial charge in [0.1, 0.15) is 9.71 Å². The summed E-state index contributed by atoms with van der Waals surface area (Å²) in [6.07, 6.45) is 0. The average molecular weight is 280 g/mol. The van der Waals surface area contributed by atoms with Crippen molar-refractivity contribution in [3.8, 4) is 0 Å². The van der Waals surface area contributed by atoms with E-state index in [0.29, 0.717) is 18.1 Å². The van der Waals surface area contributed by atoms with E-state index in [1.165, 1.54) is 5.37 Å². The summed E-state index contributed by atoms with van der Waals surface area (Å²) in [4.78, 5) is 4.68. The molecule has 0 saturated carbocycles. The summed E-state index contributed by atoms with van der Waals surface area (Å²) < 4.78 is 27.6. The van der Waals surface area contributed by atoms with Gasteiger partial charge in [-0.2, -0.15) is 4.99 Å². The van der Waals surface area contributed by atoms with Crippen molar-refractivity contribution < 1.29 is 13.7 Å². The van der Waals surface area contributed by atoms with E-state index in [4.69, 9.17) is 9.47 Å². The maximum Gasteiger partial charge on any atom is 0.328 e. The van der Waals surface area contributed by atoms with Gasteiger partial charge in [-0.05, 0) is 26.0 Å². The van der Waals surface area contributed by atoms with E-state index in [-0.39, 0.29) is 11.9 Å². The lowest BCUT2D eigenvalue weighted by molar-refractivity contribution is 0.314. The Morgan fingerprint density at radius 2 is 1.79 bits per heavy atom. The first kappa shape index (κ1) is 13.6. The molecule has 0 fully saturated rings. The van der Waals surface area contributed by atoms with Crippen LogP contribution in [0.2, 0.25) is 0 Å². The fraction of sp³-hybridized carbons (Fsp3) is 0.308. The van der Waals surface area contributed by atoms with Crippen LogP contribution in [0.25, 0.3) is 0 Å². The van der Waals surface area contributed by atoms with Gasteiger partial charge >= 0.3 is 6.02 Å². The fourth-order valence-corrected chi connectivity index (χ4v) is 3.12. The van der Waals surface area contributed by atoms with Crippen LogP contribution in [0.1, 0.15) is 13.8 Å². The van der Waals surface area contributed by atoms with Crippen LogP contribution in [0, 0.1) is 0 Å². The van der Waals surface area contributed by atoms with E-state index in [1.54, 1.807) is 12.1 Å². The van der Waals surface area contributed by atoms with Crippen molar-refractivity contribution in [1.29, 1.82) is 0 Å². The van der Waals surface area contributed by atoms with Crippen LogP contribution in [-0.2, 0) is 19.2 Å². The highest BCUT2D eigenvalue weighted by atomic mass is 32.2. The molecular formula is C13H16N2O3S. The predicted octanol–water partition coefficient (Wildman–Crippen LogP) is 1.89. The largest absolute Gasteiger partial charge is 0.477 e. The minimum atomic E-state index is -2.73. The number of hydrogen-bond acceptors (Lipinski definition) is 4. The molecule has 0 amide bonds. The molecule has 1 aliphatic rings. The molecule has 1 heterocycles. The third-order valence-corrected chi connectivity index (χ3v) is 4.22. The van der Waals surface area contributed by atoms with Crippen LogP contribution in [0.5, 0.6) is 0 Å². The van der Waals surface area contributed by atoms with E-state index in [9.17, 15) is 4.21 Å². The normalized spacial score (nSPS) is 22.0. The maximum absolute atomic E-state index is 12.9. The molecule has 1 aromatic carbocycles. The van der Waals surface area contributed by atoms with Gasteiger partial charge in [0.05, 0.1) is 23.5 Å². The van der Waals surface area contributed by atoms with E-state index in [1.807, 2.05) is 32.0 Å². The number of benzene rings is 1. The lowest BCUT2D eigenvalue weighted by Gasteiger charge is -2.14. The molecule has 6 heteroatoms. The smallest absolute Gasteiger partial charge is 0.328 e. The Hall–Kier alpha value is -1.82. The first-order valence-electron chi connectivity index (χ1n) is 6.06. The Kier molecular flexibility index (Phi) is 4.21. The molecule has 0 bridgehead atoms. The number of aliphatic imine (C=N–C) groups is 1. The van der Waals surface area contributed by atoms with Gasteiger partial charge in [-0.25, -0.2) is 4.21 Å². The summed E-state index contributed by atoms with van der Waals surface area (Å²) >= 11 is 0. The summed E-state index contributed by atoms with van der Waals surface area (Å²) in [5.41, 5.74) is 0. The maximum atomic E-state index is 12.9. The van der Waals surface area contributed by atoms with Crippen LogP contribution >= 0.6 is 0 Å². The van der Waals surface area contributed by atoms with Crippen LogP contribution < -0.4 is 0 Å². The lowest BCUT2D eigenvalue weighted by Crippen LogP contribution is -2.22. The van der Waals surface area contributed by atoms with E-state index in [0.717, 1.165) is 0 Å². The van der Waals surface area contributed by atoms with Crippen molar-refractivity contribution in [3.05, 3.63) is 30.3 Å². The molecule has 0 N–H and O–H groups in total. The summed E-state index contributed by atoms with van der Waals surface area (Å²) in [6, 6.07) is 9.12. The van der Waals surface area contributed by atoms with E-state index < -0.39 is 9.71 Å². The van der Waals surface area contributed by atoms with Crippen LogP contribution in [-0.4, -0.2) is 34.7 Å². The number of hydrogen-bond donors (Lipinski definition) is 0. The Labute approximate surface area is 113 Å².